The number of nitrogens with two attached hydrogens (primary N) is 1. The molecule has 1 saturated carbocycles. The smallest absolute Gasteiger partial charge is 0.240 e. The molecular weight excluding hydrogens is 216 g/mol. The lowest BCUT2D eigenvalue weighted by atomic mass is 9.99. The van der Waals surface area contributed by atoms with Gasteiger partial charge in [-0.15, -0.1) is 0 Å². The van der Waals surface area contributed by atoms with Crippen molar-refractivity contribution in [2.45, 2.75) is 57.2 Å². The minimum Gasteiger partial charge on any atom is -0.338 e. The van der Waals surface area contributed by atoms with E-state index in [0.29, 0.717) is 18.0 Å². The minimum absolute atomic E-state index is 0.353. The summed E-state index contributed by atoms with van der Waals surface area (Å²) in [4.78, 5) is 6.85. The van der Waals surface area contributed by atoms with Crippen molar-refractivity contribution >= 4 is 0 Å². The molecule has 1 saturated heterocycles. The van der Waals surface area contributed by atoms with Crippen molar-refractivity contribution < 1.29 is 4.52 Å². The fourth-order valence-corrected chi connectivity index (χ4v) is 2.51. The molecule has 17 heavy (non-hydrogen) atoms. The van der Waals surface area contributed by atoms with Crippen LogP contribution in [0.15, 0.2) is 4.52 Å². The summed E-state index contributed by atoms with van der Waals surface area (Å²) in [6, 6.07) is 0.862. The van der Waals surface area contributed by atoms with Gasteiger partial charge in [-0.3, -0.25) is 4.90 Å². The predicted octanol–water partition coefficient (Wildman–Crippen LogP) is 1.26. The highest BCUT2D eigenvalue weighted by molar-refractivity contribution is 5.03. The van der Waals surface area contributed by atoms with Gasteiger partial charge in [0.25, 0.3) is 0 Å². The Bertz CT molecular complexity index is 388. The Labute approximate surface area is 101 Å². The van der Waals surface area contributed by atoms with Crippen LogP contribution >= 0.6 is 0 Å². The molecule has 2 heterocycles. The molecule has 0 bridgehead atoms. The molecule has 2 fully saturated rings. The molecule has 2 aliphatic rings. The van der Waals surface area contributed by atoms with Crippen LogP contribution in [0, 0.1) is 0 Å². The normalized spacial score (nSPS) is 30.7. The van der Waals surface area contributed by atoms with E-state index in [0.717, 1.165) is 37.6 Å². The van der Waals surface area contributed by atoms with Gasteiger partial charge < -0.3 is 10.3 Å². The zero-order valence-electron chi connectivity index (χ0n) is 10.3. The lowest BCUT2D eigenvalue weighted by Crippen LogP contribution is -2.45. The van der Waals surface area contributed by atoms with Gasteiger partial charge >= 0.3 is 0 Å². The summed E-state index contributed by atoms with van der Waals surface area (Å²) in [6.07, 6.45) is 4.56. The summed E-state index contributed by atoms with van der Waals surface area (Å²) in [5.41, 5.74) is 5.95. The van der Waals surface area contributed by atoms with Gasteiger partial charge in [-0.25, -0.2) is 0 Å². The van der Waals surface area contributed by atoms with Crippen molar-refractivity contribution in [3.05, 3.63) is 11.7 Å². The number of piperidine rings is 1. The van der Waals surface area contributed by atoms with Crippen molar-refractivity contribution in [1.82, 2.24) is 15.0 Å². The molecule has 3 rings (SSSR count). The molecule has 2 atom stereocenters. The first-order valence-corrected chi connectivity index (χ1v) is 6.54. The van der Waals surface area contributed by atoms with Crippen LogP contribution in [0.5, 0.6) is 0 Å². The maximum Gasteiger partial charge on any atom is 0.240 e. The Kier molecular flexibility index (Phi) is 2.88. The molecular formula is C12H20N4O. The van der Waals surface area contributed by atoms with Gasteiger partial charge in [0.2, 0.25) is 5.89 Å². The Balaban J connectivity index is 1.61. The van der Waals surface area contributed by atoms with Crippen LogP contribution in [0.4, 0.5) is 0 Å². The second-order valence-corrected chi connectivity index (χ2v) is 5.42. The predicted molar refractivity (Wildman–Crippen MR) is 63.4 cm³/mol. The highest BCUT2D eigenvalue weighted by Gasteiger charge is 2.30. The zero-order valence-corrected chi connectivity index (χ0v) is 10.3. The highest BCUT2D eigenvalue weighted by Crippen LogP contribution is 2.38. The van der Waals surface area contributed by atoms with Crippen LogP contribution in [0.2, 0.25) is 0 Å². The fraction of sp³-hybridized carbons (Fsp3) is 0.833. The molecule has 94 valence electrons. The lowest BCUT2D eigenvalue weighted by molar-refractivity contribution is 0.124. The average Bonchev–Trinajstić information content (AvgIpc) is 3.04. The molecule has 5 heteroatoms. The quantitative estimate of drug-likeness (QED) is 0.855. The topological polar surface area (TPSA) is 68.2 Å². The van der Waals surface area contributed by atoms with E-state index < -0.39 is 0 Å². The number of likely N-dealkylation sites (tertiary alicyclic amines) is 1. The summed E-state index contributed by atoms with van der Waals surface area (Å²) in [6.45, 7) is 4.02. The summed E-state index contributed by atoms with van der Waals surface area (Å²) >= 11 is 0. The van der Waals surface area contributed by atoms with Crippen molar-refractivity contribution in [3.63, 3.8) is 0 Å². The first kappa shape index (κ1) is 11.2. The van der Waals surface area contributed by atoms with Gasteiger partial charge in [0.1, 0.15) is 0 Å². The van der Waals surface area contributed by atoms with Gasteiger partial charge in [0.05, 0.1) is 6.54 Å². The molecule has 0 radical (unpaired) electrons. The van der Waals surface area contributed by atoms with E-state index in [-0.39, 0.29) is 0 Å². The molecule has 0 aromatic carbocycles. The van der Waals surface area contributed by atoms with E-state index in [1.165, 1.54) is 12.8 Å². The van der Waals surface area contributed by atoms with Gasteiger partial charge in [-0.05, 0) is 32.6 Å². The van der Waals surface area contributed by atoms with Crippen molar-refractivity contribution in [1.29, 1.82) is 0 Å². The van der Waals surface area contributed by atoms with E-state index in [2.05, 4.69) is 22.0 Å². The standard InChI is InChI=1S/C12H20N4O/c1-8-6-10(13)4-5-16(8)7-11-14-12(15-17-11)9-2-3-9/h8-10H,2-7,13H2,1H3. The Morgan fingerprint density at radius 2 is 2.24 bits per heavy atom. The number of nitrogens with zero attached hydrogens (tertiary/aromatic N) is 3. The Hall–Kier alpha value is -0.940. The molecule has 1 aliphatic carbocycles. The monoisotopic (exact) mass is 236 g/mol. The molecule has 5 nitrogen and oxygen atoms in total. The number of hydrogen-bond acceptors (Lipinski definition) is 5. The third-order valence-electron chi connectivity index (χ3n) is 3.82. The number of hydrogen-bond donors (Lipinski definition) is 1. The number of aromatic nitrogens is 2. The summed E-state index contributed by atoms with van der Waals surface area (Å²) < 4.78 is 5.31. The van der Waals surface area contributed by atoms with E-state index >= 15 is 0 Å². The third kappa shape index (κ3) is 2.50. The maximum atomic E-state index is 5.95. The molecule has 2 N–H and O–H groups in total. The third-order valence-corrected chi connectivity index (χ3v) is 3.82. The largest absolute Gasteiger partial charge is 0.338 e. The first-order valence-electron chi connectivity index (χ1n) is 6.54. The average molecular weight is 236 g/mol. The fourth-order valence-electron chi connectivity index (χ4n) is 2.51. The van der Waals surface area contributed by atoms with Crippen molar-refractivity contribution in [2.75, 3.05) is 6.54 Å². The molecule has 1 aliphatic heterocycles. The summed E-state index contributed by atoms with van der Waals surface area (Å²) in [5.74, 6) is 2.23. The molecule has 0 amide bonds. The molecule has 1 aromatic heterocycles. The second-order valence-electron chi connectivity index (χ2n) is 5.42. The van der Waals surface area contributed by atoms with Crippen LogP contribution in [-0.2, 0) is 6.54 Å². The van der Waals surface area contributed by atoms with Crippen molar-refractivity contribution in [3.8, 4) is 0 Å². The molecule has 2 unspecified atom stereocenters. The van der Waals surface area contributed by atoms with Gasteiger partial charge in [-0.2, -0.15) is 4.98 Å². The van der Waals surface area contributed by atoms with Crippen LogP contribution in [0.25, 0.3) is 0 Å². The molecule has 0 spiro atoms. The summed E-state index contributed by atoms with van der Waals surface area (Å²) in [5, 5.41) is 4.05. The zero-order chi connectivity index (χ0) is 11.8. The van der Waals surface area contributed by atoms with Crippen LogP contribution in [0.3, 0.4) is 0 Å². The Morgan fingerprint density at radius 3 is 2.94 bits per heavy atom. The second kappa shape index (κ2) is 4.38. The highest BCUT2D eigenvalue weighted by atomic mass is 16.5. The van der Waals surface area contributed by atoms with Crippen LogP contribution in [0.1, 0.15) is 50.2 Å². The maximum absolute atomic E-state index is 5.95. The molecule has 1 aromatic rings. The summed E-state index contributed by atoms with van der Waals surface area (Å²) in [7, 11) is 0. The Morgan fingerprint density at radius 1 is 1.41 bits per heavy atom. The van der Waals surface area contributed by atoms with E-state index in [1.807, 2.05) is 0 Å². The van der Waals surface area contributed by atoms with Gasteiger partial charge in [-0.1, -0.05) is 5.16 Å². The van der Waals surface area contributed by atoms with Gasteiger partial charge in [0, 0.05) is 24.5 Å². The van der Waals surface area contributed by atoms with E-state index in [1.54, 1.807) is 0 Å². The SMILES string of the molecule is CC1CC(N)CCN1Cc1nc(C2CC2)no1. The van der Waals surface area contributed by atoms with Crippen LogP contribution < -0.4 is 5.73 Å². The lowest BCUT2D eigenvalue weighted by Gasteiger charge is -2.35. The van der Waals surface area contributed by atoms with E-state index in [9.17, 15) is 0 Å². The first-order chi connectivity index (χ1) is 8.22. The van der Waals surface area contributed by atoms with Crippen molar-refractivity contribution in [2.24, 2.45) is 5.73 Å². The van der Waals surface area contributed by atoms with E-state index in [4.69, 9.17) is 10.3 Å². The minimum atomic E-state index is 0.353. The van der Waals surface area contributed by atoms with Gasteiger partial charge in [0.15, 0.2) is 5.82 Å². The number of rotatable bonds is 3. The van der Waals surface area contributed by atoms with Crippen LogP contribution in [-0.4, -0.2) is 33.7 Å².